The van der Waals surface area contributed by atoms with Crippen molar-refractivity contribution in [3.8, 4) is 52.9 Å². The molecule has 0 N–H and O–H groups in total. The van der Waals surface area contributed by atoms with E-state index in [1.54, 1.807) is 0 Å². The summed E-state index contributed by atoms with van der Waals surface area (Å²) in [5.74, 6) is 0. The van der Waals surface area contributed by atoms with E-state index in [4.69, 9.17) is 0 Å². The van der Waals surface area contributed by atoms with Gasteiger partial charge in [0.25, 0.3) is 0 Å². The van der Waals surface area contributed by atoms with Crippen molar-refractivity contribution in [3.63, 3.8) is 0 Å². The lowest BCUT2D eigenvalue weighted by Crippen LogP contribution is -2.10. The summed E-state index contributed by atoms with van der Waals surface area (Å²) in [4.78, 5) is 15.4. The second-order valence-corrected chi connectivity index (χ2v) is 22.4. The standard InChI is InChI=1S/C60H52N2S4/c1-37-33-57(63-41(37)5)47-13-25-53(26-14-47)61(54-27-15-48(16-28-54)58-34-38(2)42(6)64-58)51-21-9-45(10-22-51)46-11-23-52(24-12-46)62(55-29-17-49(18-30-55)59-35-39(3)43(7)65-59)56-31-19-50(20-32-56)60-36-40(4)44(8)66-60/h9-36H,1-8H3. The lowest BCUT2D eigenvalue weighted by molar-refractivity contribution is 1.28. The molecular formula is C60H52N2S4. The highest BCUT2D eigenvalue weighted by Crippen LogP contribution is 2.42. The molecule has 0 saturated heterocycles. The molecule has 0 bridgehead atoms. The van der Waals surface area contributed by atoms with Crippen molar-refractivity contribution in [1.82, 2.24) is 0 Å². The van der Waals surface area contributed by atoms with Gasteiger partial charge < -0.3 is 9.80 Å². The summed E-state index contributed by atoms with van der Waals surface area (Å²) in [6.07, 6.45) is 0. The van der Waals surface area contributed by atoms with Gasteiger partial charge in [-0.3, -0.25) is 0 Å². The molecule has 6 heteroatoms. The number of hydrogen-bond donors (Lipinski definition) is 0. The predicted molar refractivity (Wildman–Crippen MR) is 292 cm³/mol. The minimum absolute atomic E-state index is 1.11. The van der Waals surface area contributed by atoms with Gasteiger partial charge in [0, 0.05) is 73.1 Å². The van der Waals surface area contributed by atoms with E-state index < -0.39 is 0 Å². The normalized spacial score (nSPS) is 11.3. The Morgan fingerprint density at radius 3 is 0.545 bits per heavy atom. The first-order valence-corrected chi connectivity index (χ1v) is 25.7. The van der Waals surface area contributed by atoms with Crippen LogP contribution in [0, 0.1) is 55.4 Å². The van der Waals surface area contributed by atoms with Gasteiger partial charge in [0.1, 0.15) is 0 Å². The molecule has 4 aromatic heterocycles. The van der Waals surface area contributed by atoms with Crippen molar-refractivity contribution in [2.24, 2.45) is 0 Å². The fraction of sp³-hybridized carbons (Fsp3) is 0.133. The Bertz CT molecular complexity index is 2800. The van der Waals surface area contributed by atoms with E-state index in [1.807, 2.05) is 45.3 Å². The average Bonchev–Trinajstić information content (AvgIpc) is 4.08. The number of thiophene rings is 4. The number of aryl methyl sites for hydroxylation is 8. The maximum atomic E-state index is 2.37. The van der Waals surface area contributed by atoms with Crippen molar-refractivity contribution in [1.29, 1.82) is 0 Å². The Kier molecular flexibility index (Phi) is 12.0. The summed E-state index contributed by atoms with van der Waals surface area (Å²) in [7, 11) is 0. The third-order valence-electron chi connectivity index (χ3n) is 12.9. The van der Waals surface area contributed by atoms with Crippen molar-refractivity contribution in [2.75, 3.05) is 9.80 Å². The summed E-state index contributed by atoms with van der Waals surface area (Å²) in [5, 5.41) is 0. The molecule has 0 fully saturated rings. The fourth-order valence-corrected chi connectivity index (χ4v) is 12.6. The van der Waals surface area contributed by atoms with Crippen LogP contribution in [-0.4, -0.2) is 0 Å². The second-order valence-electron chi connectivity index (χ2n) is 17.4. The topological polar surface area (TPSA) is 6.48 Å². The average molecular weight is 929 g/mol. The second kappa shape index (κ2) is 18.2. The third-order valence-corrected chi connectivity index (χ3v) is 17.7. The largest absolute Gasteiger partial charge is 0.311 e. The Labute approximate surface area is 406 Å². The van der Waals surface area contributed by atoms with Crippen molar-refractivity contribution >= 4 is 79.5 Å². The summed E-state index contributed by atoms with van der Waals surface area (Å²) < 4.78 is 0. The van der Waals surface area contributed by atoms with Gasteiger partial charge >= 0.3 is 0 Å². The Hall–Kier alpha value is -6.28. The maximum Gasteiger partial charge on any atom is 0.0462 e. The number of benzene rings is 6. The maximum absolute atomic E-state index is 2.37. The van der Waals surface area contributed by atoms with Gasteiger partial charge in [0.05, 0.1) is 0 Å². The van der Waals surface area contributed by atoms with Crippen LogP contribution in [0.2, 0.25) is 0 Å². The smallest absolute Gasteiger partial charge is 0.0462 e. The fourth-order valence-electron chi connectivity index (χ4n) is 8.46. The summed E-state index contributed by atoms with van der Waals surface area (Å²) in [5.41, 5.74) is 19.4. The van der Waals surface area contributed by atoms with Crippen LogP contribution < -0.4 is 9.80 Å². The lowest BCUT2D eigenvalue weighted by atomic mass is 10.0. The van der Waals surface area contributed by atoms with Crippen LogP contribution in [-0.2, 0) is 0 Å². The molecule has 0 saturated carbocycles. The lowest BCUT2D eigenvalue weighted by Gasteiger charge is -2.26. The van der Waals surface area contributed by atoms with E-state index in [2.05, 4.69) is 235 Å². The minimum Gasteiger partial charge on any atom is -0.311 e. The SMILES string of the molecule is Cc1cc(-c2ccc(N(c3ccc(-c4ccc(N(c5ccc(-c6cc(C)c(C)s6)cc5)c5ccc(-c6cc(C)c(C)s6)cc5)cc4)cc3)c3ccc(-c4cc(C)c(C)s4)cc3)cc2)sc1C. The van der Waals surface area contributed by atoms with E-state index in [-0.39, 0.29) is 0 Å². The van der Waals surface area contributed by atoms with Gasteiger partial charge in [-0.15, -0.1) is 45.3 Å². The predicted octanol–water partition coefficient (Wildman–Crippen LogP) is 19.7. The molecule has 6 aromatic carbocycles. The number of nitrogens with zero attached hydrogens (tertiary/aromatic N) is 2. The Balaban J connectivity index is 0.963. The van der Waals surface area contributed by atoms with Crippen LogP contribution in [0.3, 0.4) is 0 Å². The van der Waals surface area contributed by atoms with Crippen molar-refractivity contribution in [3.05, 3.63) is 212 Å². The Morgan fingerprint density at radius 1 is 0.227 bits per heavy atom. The third kappa shape index (κ3) is 8.75. The highest BCUT2D eigenvalue weighted by atomic mass is 32.1. The Morgan fingerprint density at radius 2 is 0.394 bits per heavy atom. The highest BCUT2D eigenvalue weighted by molar-refractivity contribution is 7.16. The summed E-state index contributed by atoms with van der Waals surface area (Å²) in [6.45, 7) is 17.6. The van der Waals surface area contributed by atoms with Gasteiger partial charge in [0.2, 0.25) is 0 Å². The van der Waals surface area contributed by atoms with Crippen LogP contribution in [0.5, 0.6) is 0 Å². The first kappa shape index (κ1) is 43.6. The van der Waals surface area contributed by atoms with Crippen molar-refractivity contribution in [2.45, 2.75) is 55.4 Å². The molecule has 0 aliphatic rings. The van der Waals surface area contributed by atoms with E-state index in [0.717, 1.165) is 34.1 Å². The molecule has 326 valence electrons. The zero-order valence-electron chi connectivity index (χ0n) is 38.7. The number of anilines is 6. The molecule has 0 spiro atoms. The molecular weight excluding hydrogens is 877 g/mol. The molecule has 0 atom stereocenters. The molecule has 2 nitrogen and oxygen atoms in total. The molecule has 0 aliphatic heterocycles. The van der Waals surface area contributed by atoms with Crippen LogP contribution in [0.25, 0.3) is 52.9 Å². The van der Waals surface area contributed by atoms with Crippen molar-refractivity contribution < 1.29 is 0 Å². The van der Waals surface area contributed by atoms with Gasteiger partial charge in [-0.05, 0) is 208 Å². The summed E-state index contributed by atoms with van der Waals surface area (Å²) in [6, 6.07) is 63.4. The van der Waals surface area contributed by atoms with Crippen LogP contribution in [0.4, 0.5) is 34.1 Å². The molecule has 0 unspecified atom stereocenters. The van der Waals surface area contributed by atoms with Gasteiger partial charge in [0.15, 0.2) is 0 Å². The molecule has 66 heavy (non-hydrogen) atoms. The van der Waals surface area contributed by atoms with E-state index >= 15 is 0 Å². The van der Waals surface area contributed by atoms with Gasteiger partial charge in [-0.2, -0.15) is 0 Å². The van der Waals surface area contributed by atoms with E-state index in [1.165, 1.54) is 94.7 Å². The zero-order chi connectivity index (χ0) is 45.6. The molecule has 4 heterocycles. The van der Waals surface area contributed by atoms with Gasteiger partial charge in [-0.25, -0.2) is 0 Å². The quantitative estimate of drug-likeness (QED) is 0.128. The number of rotatable bonds is 11. The zero-order valence-corrected chi connectivity index (χ0v) is 42.0. The van der Waals surface area contributed by atoms with Crippen LogP contribution in [0.1, 0.15) is 41.8 Å². The number of hydrogen-bond acceptors (Lipinski definition) is 6. The molecule has 0 amide bonds. The molecule has 0 radical (unpaired) electrons. The van der Waals surface area contributed by atoms with Crippen LogP contribution >= 0.6 is 45.3 Å². The first-order valence-electron chi connectivity index (χ1n) is 22.5. The van der Waals surface area contributed by atoms with E-state index in [9.17, 15) is 0 Å². The highest BCUT2D eigenvalue weighted by Gasteiger charge is 2.18. The monoisotopic (exact) mass is 928 g/mol. The molecule has 10 rings (SSSR count). The summed E-state index contributed by atoms with van der Waals surface area (Å²) >= 11 is 7.45. The minimum atomic E-state index is 1.11. The van der Waals surface area contributed by atoms with Crippen LogP contribution in [0.15, 0.2) is 170 Å². The first-order chi connectivity index (χ1) is 31.9. The van der Waals surface area contributed by atoms with E-state index in [0.29, 0.717) is 0 Å². The van der Waals surface area contributed by atoms with Gasteiger partial charge in [-0.1, -0.05) is 72.8 Å². The molecule has 0 aliphatic carbocycles. The molecule has 10 aromatic rings.